The van der Waals surface area contributed by atoms with Crippen molar-refractivity contribution in [3.05, 3.63) is 75.9 Å². The largest absolute Gasteiger partial charge is 0.423 e. The molecule has 2 aromatic rings. The SMILES string of the molecule is CCCC1=CCc2c(ccc(C(=O)Oc3ccc(C#N)c(F)c3)c2F)C1. The summed E-state index contributed by atoms with van der Waals surface area (Å²) in [5.41, 5.74) is 2.34. The predicted octanol–water partition coefficient (Wildman–Crippen LogP) is 4.88. The second kappa shape index (κ2) is 7.49. The molecule has 5 heteroatoms. The Kier molecular flexibility index (Phi) is 5.13. The summed E-state index contributed by atoms with van der Waals surface area (Å²) < 4.78 is 33.5. The molecule has 0 spiro atoms. The van der Waals surface area contributed by atoms with E-state index >= 15 is 0 Å². The number of rotatable bonds is 4. The normalized spacial score (nSPS) is 12.8. The molecule has 0 fully saturated rings. The quantitative estimate of drug-likeness (QED) is 0.447. The van der Waals surface area contributed by atoms with Gasteiger partial charge in [0.05, 0.1) is 11.1 Å². The number of carbonyl (C=O) groups excluding carboxylic acids is 1. The summed E-state index contributed by atoms with van der Waals surface area (Å²) in [6.07, 6.45) is 5.17. The fraction of sp³-hybridized carbons (Fsp3) is 0.238. The van der Waals surface area contributed by atoms with Crippen LogP contribution >= 0.6 is 0 Å². The maximum Gasteiger partial charge on any atom is 0.346 e. The minimum absolute atomic E-state index is 0.0752. The standard InChI is InChI=1S/C21H17F2NO2/c1-2-3-13-4-8-17-14(10-13)6-9-18(20(17)23)21(25)26-16-7-5-15(12-24)19(22)11-16/h4-7,9,11H,2-3,8,10H2,1H3. The second-order valence-corrected chi connectivity index (χ2v) is 6.20. The molecule has 3 rings (SSSR count). The van der Waals surface area contributed by atoms with Crippen LogP contribution in [0.5, 0.6) is 5.75 Å². The molecular formula is C21H17F2NO2. The van der Waals surface area contributed by atoms with E-state index in [1.165, 1.54) is 23.8 Å². The zero-order valence-electron chi connectivity index (χ0n) is 14.3. The molecule has 0 unspecified atom stereocenters. The number of nitriles is 1. The lowest BCUT2D eigenvalue weighted by atomic mass is 9.88. The summed E-state index contributed by atoms with van der Waals surface area (Å²) in [7, 11) is 0. The van der Waals surface area contributed by atoms with Gasteiger partial charge in [-0.05, 0) is 48.6 Å². The van der Waals surface area contributed by atoms with E-state index in [4.69, 9.17) is 10.00 Å². The monoisotopic (exact) mass is 353 g/mol. The predicted molar refractivity (Wildman–Crippen MR) is 92.9 cm³/mol. The molecule has 2 aromatic carbocycles. The highest BCUT2D eigenvalue weighted by Crippen LogP contribution is 2.28. The molecule has 0 aromatic heterocycles. The number of fused-ring (bicyclic) bond motifs is 1. The van der Waals surface area contributed by atoms with Crippen LogP contribution in [0.1, 0.15) is 46.8 Å². The summed E-state index contributed by atoms with van der Waals surface area (Å²) in [6.45, 7) is 2.10. The Morgan fingerprint density at radius 2 is 2.08 bits per heavy atom. The average Bonchev–Trinajstić information content (AvgIpc) is 2.62. The number of ether oxygens (including phenoxy) is 1. The van der Waals surface area contributed by atoms with Crippen LogP contribution in [0.25, 0.3) is 0 Å². The highest BCUT2D eigenvalue weighted by Gasteiger charge is 2.22. The zero-order valence-corrected chi connectivity index (χ0v) is 14.3. The van der Waals surface area contributed by atoms with Crippen LogP contribution in [0, 0.1) is 23.0 Å². The maximum absolute atomic E-state index is 14.8. The fourth-order valence-corrected chi connectivity index (χ4v) is 3.09. The number of allylic oxidation sites excluding steroid dienone is 2. The Balaban J connectivity index is 1.82. The summed E-state index contributed by atoms with van der Waals surface area (Å²) in [5.74, 6) is -2.35. The number of esters is 1. The third-order valence-corrected chi connectivity index (χ3v) is 4.42. The number of hydrogen-bond acceptors (Lipinski definition) is 3. The molecule has 0 heterocycles. The zero-order chi connectivity index (χ0) is 18.7. The van der Waals surface area contributed by atoms with E-state index in [-0.39, 0.29) is 16.9 Å². The molecule has 0 radical (unpaired) electrons. The average molecular weight is 353 g/mol. The molecular weight excluding hydrogens is 336 g/mol. The number of hydrogen-bond donors (Lipinski definition) is 0. The van der Waals surface area contributed by atoms with Gasteiger partial charge in [-0.2, -0.15) is 5.26 Å². The van der Waals surface area contributed by atoms with Crippen LogP contribution in [0.15, 0.2) is 42.0 Å². The van der Waals surface area contributed by atoms with E-state index < -0.39 is 17.6 Å². The molecule has 1 aliphatic carbocycles. The summed E-state index contributed by atoms with van der Waals surface area (Å²) in [6, 6.07) is 8.29. The molecule has 0 saturated carbocycles. The van der Waals surface area contributed by atoms with Crippen molar-refractivity contribution in [3.8, 4) is 11.8 Å². The van der Waals surface area contributed by atoms with Crippen LogP contribution in [-0.4, -0.2) is 5.97 Å². The molecule has 0 amide bonds. The number of carbonyl (C=O) groups is 1. The first-order valence-electron chi connectivity index (χ1n) is 8.43. The molecule has 3 nitrogen and oxygen atoms in total. The van der Waals surface area contributed by atoms with Gasteiger partial charge in [0, 0.05) is 6.07 Å². The van der Waals surface area contributed by atoms with Crippen LogP contribution < -0.4 is 4.74 Å². The lowest BCUT2D eigenvalue weighted by Crippen LogP contribution is -2.15. The van der Waals surface area contributed by atoms with Crippen molar-refractivity contribution in [2.75, 3.05) is 0 Å². The van der Waals surface area contributed by atoms with Gasteiger partial charge in [0.1, 0.15) is 23.5 Å². The van der Waals surface area contributed by atoms with Crippen LogP contribution in [-0.2, 0) is 12.8 Å². The molecule has 26 heavy (non-hydrogen) atoms. The minimum atomic E-state index is -0.891. The van der Waals surface area contributed by atoms with Crippen LogP contribution in [0.2, 0.25) is 0 Å². The Morgan fingerprint density at radius 1 is 1.27 bits per heavy atom. The molecule has 132 valence electrons. The second-order valence-electron chi connectivity index (χ2n) is 6.20. The first-order chi connectivity index (χ1) is 12.5. The van der Waals surface area contributed by atoms with Crippen molar-refractivity contribution < 1.29 is 18.3 Å². The molecule has 0 N–H and O–H groups in total. The van der Waals surface area contributed by atoms with Gasteiger partial charge in [0.25, 0.3) is 0 Å². The number of nitrogens with zero attached hydrogens (tertiary/aromatic N) is 1. The van der Waals surface area contributed by atoms with Crippen LogP contribution in [0.4, 0.5) is 8.78 Å². The van der Waals surface area contributed by atoms with E-state index in [0.717, 1.165) is 24.5 Å². The van der Waals surface area contributed by atoms with Gasteiger partial charge in [0.15, 0.2) is 0 Å². The van der Waals surface area contributed by atoms with Crippen LogP contribution in [0.3, 0.4) is 0 Å². The smallest absolute Gasteiger partial charge is 0.346 e. The van der Waals surface area contributed by atoms with Crippen molar-refractivity contribution >= 4 is 5.97 Å². The fourth-order valence-electron chi connectivity index (χ4n) is 3.09. The summed E-state index contributed by atoms with van der Waals surface area (Å²) >= 11 is 0. The topological polar surface area (TPSA) is 50.1 Å². The first kappa shape index (κ1) is 17.8. The number of benzene rings is 2. The summed E-state index contributed by atoms with van der Waals surface area (Å²) in [4.78, 5) is 12.3. The third kappa shape index (κ3) is 3.50. The highest BCUT2D eigenvalue weighted by atomic mass is 19.1. The van der Waals surface area contributed by atoms with Gasteiger partial charge in [-0.15, -0.1) is 0 Å². The van der Waals surface area contributed by atoms with E-state index in [0.29, 0.717) is 18.4 Å². The lowest BCUT2D eigenvalue weighted by molar-refractivity contribution is 0.0729. The Morgan fingerprint density at radius 3 is 2.77 bits per heavy atom. The van der Waals surface area contributed by atoms with Gasteiger partial charge >= 0.3 is 5.97 Å². The summed E-state index contributed by atoms with van der Waals surface area (Å²) in [5, 5.41) is 8.72. The van der Waals surface area contributed by atoms with Crippen molar-refractivity contribution in [2.24, 2.45) is 0 Å². The Hall–Kier alpha value is -3.00. The minimum Gasteiger partial charge on any atom is -0.423 e. The van der Waals surface area contributed by atoms with Gasteiger partial charge in [-0.1, -0.05) is 31.1 Å². The van der Waals surface area contributed by atoms with Gasteiger partial charge in [0.2, 0.25) is 0 Å². The van der Waals surface area contributed by atoms with Gasteiger partial charge in [-0.25, -0.2) is 13.6 Å². The van der Waals surface area contributed by atoms with Gasteiger partial charge in [-0.3, -0.25) is 0 Å². The van der Waals surface area contributed by atoms with E-state index in [2.05, 4.69) is 6.92 Å². The van der Waals surface area contributed by atoms with E-state index in [1.54, 1.807) is 12.1 Å². The van der Waals surface area contributed by atoms with Crippen molar-refractivity contribution in [1.29, 1.82) is 5.26 Å². The number of halogens is 2. The maximum atomic E-state index is 14.8. The molecule has 0 saturated heterocycles. The molecule has 0 atom stereocenters. The Labute approximate surface area is 150 Å². The third-order valence-electron chi connectivity index (χ3n) is 4.42. The molecule has 0 bridgehead atoms. The molecule has 1 aliphatic rings. The van der Waals surface area contributed by atoms with E-state index in [9.17, 15) is 13.6 Å². The Bertz CT molecular complexity index is 942. The van der Waals surface area contributed by atoms with Crippen molar-refractivity contribution in [2.45, 2.75) is 32.6 Å². The first-order valence-corrected chi connectivity index (χ1v) is 8.43. The van der Waals surface area contributed by atoms with Gasteiger partial charge < -0.3 is 4.74 Å². The molecule has 0 aliphatic heterocycles. The van der Waals surface area contributed by atoms with Crippen molar-refractivity contribution in [1.82, 2.24) is 0 Å². The van der Waals surface area contributed by atoms with E-state index in [1.807, 2.05) is 6.08 Å². The van der Waals surface area contributed by atoms with Crippen molar-refractivity contribution in [3.63, 3.8) is 0 Å². The lowest BCUT2D eigenvalue weighted by Gasteiger charge is -2.18. The highest BCUT2D eigenvalue weighted by molar-refractivity contribution is 5.91.